The second-order valence-corrected chi connectivity index (χ2v) is 8.88. The first-order valence-corrected chi connectivity index (χ1v) is 11.8. The monoisotopic (exact) mass is 337 g/mol. The van der Waals surface area contributed by atoms with E-state index in [1.807, 2.05) is 0 Å². The molecule has 0 fully saturated rings. The summed E-state index contributed by atoms with van der Waals surface area (Å²) in [6.07, 6.45) is 20.3. The average Bonchev–Trinajstić information content (AvgIpc) is 2.43. The molecular weight excluding hydrogens is 297 g/mol. The highest BCUT2D eigenvalue weighted by Crippen LogP contribution is 2.17. The van der Waals surface area contributed by atoms with Crippen LogP contribution in [0.25, 0.3) is 0 Å². The standard InChI is InChI=1S/C18H40NP.ClH/c1-4-5-6-7-8-9-10-11-12-13-14-15-16-17-18-19-20(2)3;/h19H,4-18H2,1-3H3;1H. The van der Waals surface area contributed by atoms with Gasteiger partial charge in [0.1, 0.15) is 0 Å². The second kappa shape index (κ2) is 20.7. The van der Waals surface area contributed by atoms with Crippen LogP contribution in [0.3, 0.4) is 0 Å². The highest BCUT2D eigenvalue weighted by molar-refractivity contribution is 7.53. The van der Waals surface area contributed by atoms with Crippen LogP contribution in [-0.2, 0) is 0 Å². The highest BCUT2D eigenvalue weighted by atomic mass is 35.5. The summed E-state index contributed by atoms with van der Waals surface area (Å²) in [5.74, 6) is 0. The Morgan fingerprint density at radius 3 is 1.24 bits per heavy atom. The minimum Gasteiger partial charge on any atom is -1.00 e. The molecule has 21 heavy (non-hydrogen) atoms. The van der Waals surface area contributed by atoms with Gasteiger partial charge in [-0.05, 0) is 6.42 Å². The maximum absolute atomic E-state index is 3.59. The van der Waals surface area contributed by atoms with Gasteiger partial charge >= 0.3 is 0 Å². The van der Waals surface area contributed by atoms with E-state index in [1.54, 1.807) is 0 Å². The van der Waals surface area contributed by atoms with Gasteiger partial charge in [0.25, 0.3) is 0 Å². The van der Waals surface area contributed by atoms with Crippen LogP contribution in [0.5, 0.6) is 0 Å². The van der Waals surface area contributed by atoms with Crippen LogP contribution in [0.4, 0.5) is 0 Å². The van der Waals surface area contributed by atoms with Crippen molar-refractivity contribution in [2.75, 3.05) is 19.9 Å². The molecule has 0 unspecified atom stereocenters. The molecule has 0 heterocycles. The summed E-state index contributed by atoms with van der Waals surface area (Å²) in [7, 11) is -0.202. The fourth-order valence-electron chi connectivity index (χ4n) is 2.66. The van der Waals surface area contributed by atoms with Crippen molar-refractivity contribution in [3.8, 4) is 0 Å². The van der Waals surface area contributed by atoms with Gasteiger partial charge < -0.3 is 12.4 Å². The van der Waals surface area contributed by atoms with Crippen molar-refractivity contribution < 1.29 is 12.4 Å². The Morgan fingerprint density at radius 2 is 0.905 bits per heavy atom. The Labute approximate surface area is 142 Å². The van der Waals surface area contributed by atoms with E-state index in [0.29, 0.717) is 0 Å². The summed E-state index contributed by atoms with van der Waals surface area (Å²) < 4.78 is 0. The third-order valence-corrected chi connectivity index (χ3v) is 4.97. The van der Waals surface area contributed by atoms with E-state index in [-0.39, 0.29) is 20.5 Å². The summed E-state index contributed by atoms with van der Waals surface area (Å²) in [6, 6.07) is 0. The zero-order valence-corrected chi connectivity index (χ0v) is 16.7. The van der Waals surface area contributed by atoms with Crippen LogP contribution < -0.4 is 17.5 Å². The zero-order chi connectivity index (χ0) is 14.9. The predicted octanol–water partition coefficient (Wildman–Crippen LogP) is 3.45. The lowest BCUT2D eigenvalue weighted by atomic mass is 10.0. The number of unbranched alkanes of at least 4 members (excludes halogenated alkanes) is 13. The van der Waals surface area contributed by atoms with Crippen molar-refractivity contribution in [1.29, 1.82) is 0 Å². The van der Waals surface area contributed by atoms with Crippen molar-refractivity contribution in [2.24, 2.45) is 0 Å². The summed E-state index contributed by atoms with van der Waals surface area (Å²) in [6.45, 7) is 8.20. The van der Waals surface area contributed by atoms with Gasteiger partial charge in [-0.1, -0.05) is 90.4 Å². The van der Waals surface area contributed by atoms with Crippen LogP contribution in [-0.4, -0.2) is 19.9 Å². The van der Waals surface area contributed by atoms with Crippen molar-refractivity contribution in [2.45, 2.75) is 96.8 Å². The molecule has 0 spiro atoms. The predicted molar refractivity (Wildman–Crippen MR) is 98.5 cm³/mol. The molecule has 0 aromatic rings. The average molecular weight is 338 g/mol. The lowest BCUT2D eigenvalue weighted by molar-refractivity contribution is -0.00000467. The fraction of sp³-hybridized carbons (Fsp3) is 1.00. The minimum atomic E-state index is -0.202. The smallest absolute Gasteiger partial charge is 0.0620 e. The van der Waals surface area contributed by atoms with Crippen LogP contribution in [0.1, 0.15) is 96.8 Å². The van der Waals surface area contributed by atoms with E-state index in [2.05, 4.69) is 25.3 Å². The summed E-state index contributed by atoms with van der Waals surface area (Å²) in [4.78, 5) is 0. The van der Waals surface area contributed by atoms with Crippen molar-refractivity contribution in [1.82, 2.24) is 5.09 Å². The van der Waals surface area contributed by atoms with Gasteiger partial charge in [0.2, 0.25) is 0 Å². The molecule has 0 atom stereocenters. The molecule has 0 saturated heterocycles. The Bertz CT molecular complexity index is 177. The third kappa shape index (κ3) is 23.1. The fourth-order valence-corrected chi connectivity index (χ4v) is 3.33. The first-order valence-electron chi connectivity index (χ1n) is 9.31. The lowest BCUT2D eigenvalue weighted by Gasteiger charge is -2.04. The molecule has 0 aromatic heterocycles. The largest absolute Gasteiger partial charge is 1.00 e. The normalized spacial score (nSPS) is 10.9. The van der Waals surface area contributed by atoms with Gasteiger partial charge in [0, 0.05) is 6.54 Å². The van der Waals surface area contributed by atoms with E-state index in [1.165, 1.54) is 96.4 Å². The number of halogens is 1. The van der Waals surface area contributed by atoms with Crippen LogP contribution in [0.15, 0.2) is 0 Å². The molecule has 0 amide bonds. The van der Waals surface area contributed by atoms with Gasteiger partial charge in [0.15, 0.2) is 0 Å². The number of rotatable bonds is 16. The summed E-state index contributed by atoms with van der Waals surface area (Å²) >= 11 is 0. The molecule has 0 rings (SSSR count). The molecule has 0 aliphatic rings. The maximum Gasteiger partial charge on any atom is 0.0620 e. The van der Waals surface area contributed by atoms with E-state index in [0.717, 1.165) is 0 Å². The van der Waals surface area contributed by atoms with Crippen molar-refractivity contribution in [3.05, 3.63) is 0 Å². The molecule has 1 N–H and O–H groups in total. The number of hydrogen-bond donors (Lipinski definition) is 1. The van der Waals surface area contributed by atoms with E-state index in [9.17, 15) is 0 Å². The SMILES string of the molecule is CCCCCCCCCCCCCCCCN[PH+](C)C.[Cl-]. The van der Waals surface area contributed by atoms with E-state index in [4.69, 9.17) is 0 Å². The number of nitrogens with one attached hydrogen (secondary N) is 1. The van der Waals surface area contributed by atoms with Gasteiger partial charge in [-0.25, -0.2) is 0 Å². The van der Waals surface area contributed by atoms with Gasteiger partial charge in [-0.15, -0.1) is 0 Å². The Balaban J connectivity index is 0. The maximum atomic E-state index is 3.59. The van der Waals surface area contributed by atoms with Crippen LogP contribution in [0.2, 0.25) is 0 Å². The molecule has 3 heteroatoms. The van der Waals surface area contributed by atoms with Gasteiger partial charge in [-0.3, -0.25) is 0 Å². The first-order chi connectivity index (χ1) is 9.77. The van der Waals surface area contributed by atoms with Crippen molar-refractivity contribution >= 4 is 8.07 Å². The molecule has 130 valence electrons. The van der Waals surface area contributed by atoms with Gasteiger partial charge in [-0.2, -0.15) is 5.09 Å². The third-order valence-electron chi connectivity index (χ3n) is 4.01. The van der Waals surface area contributed by atoms with Crippen LogP contribution >= 0.6 is 8.07 Å². The molecule has 0 radical (unpaired) electrons. The van der Waals surface area contributed by atoms with Gasteiger partial charge in [0.05, 0.1) is 21.4 Å². The molecule has 0 bridgehead atoms. The lowest BCUT2D eigenvalue weighted by Crippen LogP contribution is -3.00. The first kappa shape index (κ1) is 23.9. The Morgan fingerprint density at radius 1 is 0.571 bits per heavy atom. The minimum absolute atomic E-state index is 0. The molecule has 1 nitrogen and oxygen atoms in total. The molecule has 0 aliphatic carbocycles. The quantitative estimate of drug-likeness (QED) is 0.336. The zero-order valence-electron chi connectivity index (χ0n) is 15.0. The topological polar surface area (TPSA) is 12.0 Å². The molecule has 0 saturated carbocycles. The summed E-state index contributed by atoms with van der Waals surface area (Å²) in [5.41, 5.74) is 0. The van der Waals surface area contributed by atoms with E-state index < -0.39 is 0 Å². The second-order valence-electron chi connectivity index (χ2n) is 6.52. The molecular formula is C18H41ClNP. The molecule has 0 aromatic carbocycles. The molecule has 0 aliphatic heterocycles. The Kier molecular flexibility index (Phi) is 23.6. The highest BCUT2D eigenvalue weighted by Gasteiger charge is 1.97. The summed E-state index contributed by atoms with van der Waals surface area (Å²) in [5, 5.41) is 3.59. The Hall–Kier alpha value is 0.680. The van der Waals surface area contributed by atoms with E-state index >= 15 is 0 Å². The van der Waals surface area contributed by atoms with Crippen molar-refractivity contribution in [3.63, 3.8) is 0 Å². The number of hydrogen-bond acceptors (Lipinski definition) is 1. The van der Waals surface area contributed by atoms with Crippen LogP contribution in [0, 0.1) is 0 Å².